The van der Waals surface area contributed by atoms with Crippen LogP contribution in [0.5, 0.6) is 5.88 Å². The van der Waals surface area contributed by atoms with Gasteiger partial charge in [0.1, 0.15) is 6.61 Å². The molecule has 5 nitrogen and oxygen atoms in total. The number of hydrogen-bond acceptors (Lipinski definition) is 4. The molecule has 24 heavy (non-hydrogen) atoms. The Kier molecular flexibility index (Phi) is 6.25. The first kappa shape index (κ1) is 17.4. The molecule has 1 aromatic heterocycles. The summed E-state index contributed by atoms with van der Waals surface area (Å²) in [5.41, 5.74) is 4.39. The number of pyridine rings is 1. The van der Waals surface area contributed by atoms with Gasteiger partial charge in [-0.15, -0.1) is 0 Å². The Labute approximate surface area is 142 Å². The van der Waals surface area contributed by atoms with E-state index in [2.05, 4.69) is 15.3 Å². The standard InChI is InChI=1S/C19H21N3O2/c1-14(15(2)22-13-23)19(20-3)17-9-10-18(21-11-17)24-12-16-7-5-4-6-8-16/h4-11,13H,12H2,1-3H3,(H,22,23)/b15-14+,20-19+. The monoisotopic (exact) mass is 323 g/mol. The topological polar surface area (TPSA) is 63.6 Å². The lowest BCUT2D eigenvalue weighted by molar-refractivity contribution is -0.108. The van der Waals surface area contributed by atoms with Crippen LogP contribution >= 0.6 is 0 Å². The van der Waals surface area contributed by atoms with Crippen molar-refractivity contribution >= 4 is 12.1 Å². The molecule has 2 rings (SSSR count). The number of aromatic nitrogens is 1. The largest absolute Gasteiger partial charge is 0.473 e. The van der Waals surface area contributed by atoms with Gasteiger partial charge in [-0.3, -0.25) is 9.79 Å². The molecule has 0 fully saturated rings. The second-order valence-corrected chi connectivity index (χ2v) is 5.24. The van der Waals surface area contributed by atoms with Crippen LogP contribution in [0.25, 0.3) is 0 Å². The molecule has 2 aromatic rings. The van der Waals surface area contributed by atoms with Gasteiger partial charge in [-0.2, -0.15) is 0 Å². The molecule has 0 radical (unpaired) electrons. The van der Waals surface area contributed by atoms with E-state index in [1.54, 1.807) is 13.2 Å². The molecule has 5 heteroatoms. The second-order valence-electron chi connectivity index (χ2n) is 5.24. The van der Waals surface area contributed by atoms with E-state index in [-0.39, 0.29) is 0 Å². The minimum atomic E-state index is 0.475. The van der Waals surface area contributed by atoms with Crippen molar-refractivity contribution in [2.24, 2.45) is 4.99 Å². The number of nitrogens with one attached hydrogen (secondary N) is 1. The molecule has 0 saturated heterocycles. The molecule has 0 bridgehead atoms. The second kappa shape index (κ2) is 8.62. The Bertz CT molecular complexity index is 735. The van der Waals surface area contributed by atoms with Gasteiger partial charge < -0.3 is 10.1 Å². The first-order valence-corrected chi connectivity index (χ1v) is 7.63. The zero-order valence-corrected chi connectivity index (χ0v) is 14.1. The number of carbonyl (C=O) groups excluding carboxylic acids is 1. The van der Waals surface area contributed by atoms with Crippen LogP contribution in [0, 0.1) is 0 Å². The number of allylic oxidation sites excluding steroid dienone is 2. The van der Waals surface area contributed by atoms with Gasteiger partial charge in [0.05, 0.1) is 5.71 Å². The van der Waals surface area contributed by atoms with Gasteiger partial charge in [-0.1, -0.05) is 30.3 Å². The van der Waals surface area contributed by atoms with Crippen LogP contribution in [0.3, 0.4) is 0 Å². The highest BCUT2D eigenvalue weighted by atomic mass is 16.5. The smallest absolute Gasteiger partial charge is 0.213 e. The average molecular weight is 323 g/mol. The zero-order chi connectivity index (χ0) is 17.4. The molecule has 1 amide bonds. The summed E-state index contributed by atoms with van der Waals surface area (Å²) in [4.78, 5) is 19.2. The third kappa shape index (κ3) is 4.52. The Morgan fingerprint density at radius 1 is 1.21 bits per heavy atom. The van der Waals surface area contributed by atoms with Crippen LogP contribution in [-0.2, 0) is 11.4 Å². The first-order valence-electron chi connectivity index (χ1n) is 7.63. The lowest BCUT2D eigenvalue weighted by Gasteiger charge is -2.11. The molecule has 1 aromatic carbocycles. The van der Waals surface area contributed by atoms with Crippen LogP contribution < -0.4 is 10.1 Å². The fourth-order valence-electron chi connectivity index (χ4n) is 2.22. The van der Waals surface area contributed by atoms with Crippen LogP contribution in [0.15, 0.2) is 64.9 Å². The number of carbonyl (C=O) groups is 1. The Morgan fingerprint density at radius 3 is 2.54 bits per heavy atom. The summed E-state index contributed by atoms with van der Waals surface area (Å²) in [5, 5.41) is 2.65. The third-order valence-electron chi connectivity index (χ3n) is 3.66. The maximum atomic E-state index is 10.6. The Balaban J connectivity index is 2.10. The maximum Gasteiger partial charge on any atom is 0.213 e. The van der Waals surface area contributed by atoms with Gasteiger partial charge in [-0.05, 0) is 31.1 Å². The number of rotatable bonds is 7. The summed E-state index contributed by atoms with van der Waals surface area (Å²) in [6.07, 6.45) is 2.38. The number of nitrogens with zero attached hydrogens (tertiary/aromatic N) is 2. The van der Waals surface area contributed by atoms with Gasteiger partial charge >= 0.3 is 0 Å². The van der Waals surface area contributed by atoms with E-state index in [1.165, 1.54) is 0 Å². The molecule has 0 unspecified atom stereocenters. The van der Waals surface area contributed by atoms with Gasteiger partial charge in [0.2, 0.25) is 12.3 Å². The molecule has 1 heterocycles. The molecule has 124 valence electrons. The predicted octanol–water partition coefficient (Wildman–Crippen LogP) is 3.12. The quantitative estimate of drug-likeness (QED) is 0.629. The van der Waals surface area contributed by atoms with E-state index in [1.807, 2.05) is 56.3 Å². The molecule has 0 aliphatic carbocycles. The van der Waals surface area contributed by atoms with Crippen molar-refractivity contribution in [3.63, 3.8) is 0 Å². The highest BCUT2D eigenvalue weighted by Gasteiger charge is 2.09. The number of aliphatic imine (C=N–C) groups is 1. The minimum absolute atomic E-state index is 0.475. The van der Waals surface area contributed by atoms with Crippen LogP contribution in [0.4, 0.5) is 0 Å². The molecule has 0 saturated carbocycles. The summed E-state index contributed by atoms with van der Waals surface area (Å²) in [6, 6.07) is 13.7. The summed E-state index contributed by atoms with van der Waals surface area (Å²) < 4.78 is 5.69. The Hall–Kier alpha value is -2.95. The van der Waals surface area contributed by atoms with E-state index >= 15 is 0 Å². The predicted molar refractivity (Wildman–Crippen MR) is 95.0 cm³/mol. The van der Waals surface area contributed by atoms with E-state index in [9.17, 15) is 4.79 Å². The summed E-state index contributed by atoms with van der Waals surface area (Å²) >= 11 is 0. The summed E-state index contributed by atoms with van der Waals surface area (Å²) in [7, 11) is 1.72. The number of hydrogen-bond donors (Lipinski definition) is 1. The van der Waals surface area contributed by atoms with Crippen molar-refractivity contribution in [1.82, 2.24) is 10.3 Å². The fraction of sp³-hybridized carbons (Fsp3) is 0.211. The molecular weight excluding hydrogens is 302 g/mol. The van der Waals surface area contributed by atoms with Crippen molar-refractivity contribution in [3.8, 4) is 5.88 Å². The van der Waals surface area contributed by atoms with Crippen LogP contribution in [-0.4, -0.2) is 24.2 Å². The number of amides is 1. The van der Waals surface area contributed by atoms with Crippen molar-refractivity contribution in [2.75, 3.05) is 7.05 Å². The van der Waals surface area contributed by atoms with Crippen LogP contribution in [0.2, 0.25) is 0 Å². The van der Waals surface area contributed by atoms with Crippen molar-refractivity contribution in [2.45, 2.75) is 20.5 Å². The van der Waals surface area contributed by atoms with Crippen molar-refractivity contribution in [3.05, 3.63) is 71.1 Å². The van der Waals surface area contributed by atoms with E-state index in [4.69, 9.17) is 4.74 Å². The molecular formula is C19H21N3O2. The van der Waals surface area contributed by atoms with Gasteiger partial charge in [-0.25, -0.2) is 4.98 Å². The molecule has 0 aliphatic heterocycles. The number of ether oxygens (including phenoxy) is 1. The van der Waals surface area contributed by atoms with E-state index < -0.39 is 0 Å². The summed E-state index contributed by atoms with van der Waals surface area (Å²) in [6.45, 7) is 4.22. The van der Waals surface area contributed by atoms with E-state index in [0.29, 0.717) is 18.9 Å². The lowest BCUT2D eigenvalue weighted by atomic mass is 10.0. The van der Waals surface area contributed by atoms with E-state index in [0.717, 1.165) is 28.1 Å². The highest BCUT2D eigenvalue weighted by Crippen LogP contribution is 2.15. The van der Waals surface area contributed by atoms with Crippen LogP contribution in [0.1, 0.15) is 25.0 Å². The SMILES string of the molecule is C/N=C(\C(C)=C(/C)NC=O)c1ccc(OCc2ccccc2)nc1. The maximum absolute atomic E-state index is 10.6. The normalized spacial score (nSPS) is 12.4. The summed E-state index contributed by atoms with van der Waals surface area (Å²) in [5.74, 6) is 0.558. The third-order valence-corrected chi connectivity index (χ3v) is 3.66. The minimum Gasteiger partial charge on any atom is -0.473 e. The van der Waals surface area contributed by atoms with Gasteiger partial charge in [0.25, 0.3) is 0 Å². The Morgan fingerprint density at radius 2 is 1.96 bits per heavy atom. The molecule has 0 aliphatic rings. The first-order chi connectivity index (χ1) is 11.7. The molecule has 0 atom stereocenters. The van der Waals surface area contributed by atoms with Gasteiger partial charge in [0.15, 0.2) is 0 Å². The van der Waals surface area contributed by atoms with Crippen molar-refractivity contribution < 1.29 is 9.53 Å². The highest BCUT2D eigenvalue weighted by molar-refractivity contribution is 6.12. The number of benzene rings is 1. The molecule has 1 N–H and O–H groups in total. The van der Waals surface area contributed by atoms with Crippen molar-refractivity contribution in [1.29, 1.82) is 0 Å². The molecule has 0 spiro atoms. The lowest BCUT2D eigenvalue weighted by Crippen LogP contribution is -2.14. The van der Waals surface area contributed by atoms with Gasteiger partial charge in [0, 0.05) is 30.6 Å². The average Bonchev–Trinajstić information content (AvgIpc) is 2.62. The fourth-order valence-corrected chi connectivity index (χ4v) is 2.22. The zero-order valence-electron chi connectivity index (χ0n) is 14.1.